The SMILES string of the molecule is CCNc1nc(C)c(C(=O)NCc2cc3c(cc2OC)CCC3)s1. The molecule has 0 radical (unpaired) electrons. The number of carbonyl (C=O) groups excluding carboxylic acids is 1. The number of benzene rings is 1. The number of carbonyl (C=O) groups is 1. The van der Waals surface area contributed by atoms with Crippen LogP contribution in [0.15, 0.2) is 12.1 Å². The predicted octanol–water partition coefficient (Wildman–Crippen LogP) is 3.31. The Morgan fingerprint density at radius 1 is 1.33 bits per heavy atom. The van der Waals surface area contributed by atoms with Crippen molar-refractivity contribution in [3.8, 4) is 5.75 Å². The number of hydrogen-bond donors (Lipinski definition) is 2. The molecule has 0 saturated carbocycles. The van der Waals surface area contributed by atoms with Gasteiger partial charge in [0, 0.05) is 18.7 Å². The van der Waals surface area contributed by atoms with E-state index in [9.17, 15) is 4.79 Å². The highest BCUT2D eigenvalue weighted by molar-refractivity contribution is 7.17. The van der Waals surface area contributed by atoms with E-state index in [2.05, 4.69) is 27.8 Å². The lowest BCUT2D eigenvalue weighted by atomic mass is 10.0. The van der Waals surface area contributed by atoms with Gasteiger partial charge in [-0.2, -0.15) is 0 Å². The number of aryl methyl sites for hydroxylation is 3. The molecule has 1 aliphatic carbocycles. The summed E-state index contributed by atoms with van der Waals surface area (Å²) in [7, 11) is 1.68. The zero-order chi connectivity index (χ0) is 17.1. The number of amides is 1. The van der Waals surface area contributed by atoms with E-state index in [1.54, 1.807) is 7.11 Å². The molecule has 1 amide bonds. The maximum atomic E-state index is 12.5. The Hall–Kier alpha value is -2.08. The van der Waals surface area contributed by atoms with Crippen molar-refractivity contribution < 1.29 is 9.53 Å². The van der Waals surface area contributed by atoms with Gasteiger partial charge >= 0.3 is 0 Å². The Morgan fingerprint density at radius 3 is 2.79 bits per heavy atom. The standard InChI is InChI=1S/C18H23N3O2S/c1-4-19-18-21-11(2)16(24-18)17(22)20-10-14-8-12-6-5-7-13(12)9-15(14)23-3/h8-9H,4-7,10H2,1-3H3,(H,19,21)(H,20,22). The van der Waals surface area contributed by atoms with Crippen LogP contribution in [-0.2, 0) is 19.4 Å². The molecule has 1 heterocycles. The van der Waals surface area contributed by atoms with Gasteiger partial charge in [0.1, 0.15) is 10.6 Å². The van der Waals surface area contributed by atoms with E-state index in [0.717, 1.165) is 41.5 Å². The van der Waals surface area contributed by atoms with Gasteiger partial charge in [-0.25, -0.2) is 4.98 Å². The average Bonchev–Trinajstić information content (AvgIpc) is 3.17. The number of fused-ring (bicyclic) bond motifs is 1. The molecule has 2 N–H and O–H groups in total. The Kier molecular flexibility index (Phi) is 5.04. The van der Waals surface area contributed by atoms with Crippen LogP contribution < -0.4 is 15.4 Å². The smallest absolute Gasteiger partial charge is 0.263 e. The van der Waals surface area contributed by atoms with Gasteiger partial charge in [0.25, 0.3) is 5.91 Å². The summed E-state index contributed by atoms with van der Waals surface area (Å²) in [5.41, 5.74) is 4.54. The maximum absolute atomic E-state index is 12.5. The molecule has 0 aliphatic heterocycles. The molecule has 1 aromatic carbocycles. The minimum absolute atomic E-state index is 0.0864. The molecular weight excluding hydrogens is 322 g/mol. The molecular formula is C18H23N3O2S. The third kappa shape index (κ3) is 3.38. The van der Waals surface area contributed by atoms with Gasteiger partial charge in [-0.3, -0.25) is 4.79 Å². The van der Waals surface area contributed by atoms with Crippen LogP contribution in [0.25, 0.3) is 0 Å². The van der Waals surface area contributed by atoms with Gasteiger partial charge in [0.05, 0.1) is 12.8 Å². The monoisotopic (exact) mass is 345 g/mol. The molecule has 1 aromatic heterocycles. The van der Waals surface area contributed by atoms with Crippen LogP contribution in [0.5, 0.6) is 5.75 Å². The number of ether oxygens (including phenoxy) is 1. The number of nitrogens with zero attached hydrogens (tertiary/aromatic N) is 1. The predicted molar refractivity (Wildman–Crippen MR) is 97.2 cm³/mol. The summed E-state index contributed by atoms with van der Waals surface area (Å²) in [6.45, 7) is 5.13. The molecule has 1 aliphatic rings. The molecule has 0 saturated heterocycles. The maximum Gasteiger partial charge on any atom is 0.263 e. The first kappa shape index (κ1) is 16.8. The van der Waals surface area contributed by atoms with E-state index in [1.165, 1.54) is 28.9 Å². The van der Waals surface area contributed by atoms with Crippen molar-refractivity contribution in [2.45, 2.75) is 39.7 Å². The molecule has 6 heteroatoms. The number of thiazole rings is 1. The van der Waals surface area contributed by atoms with Gasteiger partial charge in [0.15, 0.2) is 5.13 Å². The summed E-state index contributed by atoms with van der Waals surface area (Å²) in [5.74, 6) is 0.766. The number of rotatable bonds is 6. The average molecular weight is 345 g/mol. The Balaban J connectivity index is 1.72. The van der Waals surface area contributed by atoms with Crippen LogP contribution in [0, 0.1) is 6.92 Å². The van der Waals surface area contributed by atoms with Gasteiger partial charge in [-0.05, 0) is 50.3 Å². The Bertz CT molecular complexity index is 755. The molecule has 0 spiro atoms. The van der Waals surface area contributed by atoms with Crippen molar-refractivity contribution in [2.75, 3.05) is 19.0 Å². The van der Waals surface area contributed by atoms with Crippen molar-refractivity contribution in [1.82, 2.24) is 10.3 Å². The van der Waals surface area contributed by atoms with Crippen LogP contribution in [0.4, 0.5) is 5.13 Å². The van der Waals surface area contributed by atoms with Crippen LogP contribution >= 0.6 is 11.3 Å². The van der Waals surface area contributed by atoms with E-state index in [-0.39, 0.29) is 5.91 Å². The molecule has 0 unspecified atom stereocenters. The first-order valence-electron chi connectivity index (χ1n) is 8.30. The lowest BCUT2D eigenvalue weighted by Crippen LogP contribution is -2.23. The number of hydrogen-bond acceptors (Lipinski definition) is 5. The normalized spacial score (nSPS) is 12.8. The fraction of sp³-hybridized carbons (Fsp3) is 0.444. The fourth-order valence-electron chi connectivity index (χ4n) is 3.07. The molecule has 24 heavy (non-hydrogen) atoms. The topological polar surface area (TPSA) is 63.2 Å². The van der Waals surface area contributed by atoms with Crippen molar-refractivity contribution in [3.05, 3.63) is 39.4 Å². The quantitative estimate of drug-likeness (QED) is 0.843. The summed E-state index contributed by atoms with van der Waals surface area (Å²) in [4.78, 5) is 17.5. The number of aromatic nitrogens is 1. The van der Waals surface area contributed by atoms with E-state index in [0.29, 0.717) is 11.4 Å². The zero-order valence-electron chi connectivity index (χ0n) is 14.4. The van der Waals surface area contributed by atoms with Gasteiger partial charge < -0.3 is 15.4 Å². The van der Waals surface area contributed by atoms with Crippen LogP contribution in [0.3, 0.4) is 0 Å². The summed E-state index contributed by atoms with van der Waals surface area (Å²) in [6.07, 6.45) is 3.42. The van der Waals surface area contributed by atoms with Crippen LogP contribution in [-0.4, -0.2) is 24.5 Å². The molecule has 0 bridgehead atoms. The highest BCUT2D eigenvalue weighted by Gasteiger charge is 2.18. The number of methoxy groups -OCH3 is 1. The van der Waals surface area contributed by atoms with E-state index in [4.69, 9.17) is 4.74 Å². The van der Waals surface area contributed by atoms with Gasteiger partial charge in [-0.1, -0.05) is 17.4 Å². The molecule has 128 valence electrons. The first-order chi connectivity index (χ1) is 11.6. The molecule has 0 atom stereocenters. The number of nitrogens with one attached hydrogen (secondary N) is 2. The number of anilines is 1. The zero-order valence-corrected chi connectivity index (χ0v) is 15.2. The van der Waals surface area contributed by atoms with Crippen LogP contribution in [0.2, 0.25) is 0 Å². The molecule has 3 rings (SSSR count). The van der Waals surface area contributed by atoms with Gasteiger partial charge in [-0.15, -0.1) is 0 Å². The summed E-state index contributed by atoms with van der Waals surface area (Å²) < 4.78 is 5.50. The van der Waals surface area contributed by atoms with Gasteiger partial charge in [0.2, 0.25) is 0 Å². The Morgan fingerprint density at radius 2 is 2.08 bits per heavy atom. The second-order valence-electron chi connectivity index (χ2n) is 5.93. The van der Waals surface area contributed by atoms with Crippen molar-refractivity contribution >= 4 is 22.4 Å². The van der Waals surface area contributed by atoms with E-state index >= 15 is 0 Å². The first-order valence-corrected chi connectivity index (χ1v) is 9.12. The lowest BCUT2D eigenvalue weighted by Gasteiger charge is -2.12. The Labute approximate surface area is 146 Å². The second kappa shape index (κ2) is 7.21. The second-order valence-corrected chi connectivity index (χ2v) is 6.93. The summed E-state index contributed by atoms with van der Waals surface area (Å²) in [5, 5.41) is 6.94. The largest absolute Gasteiger partial charge is 0.496 e. The minimum Gasteiger partial charge on any atom is -0.496 e. The van der Waals surface area contributed by atoms with Crippen LogP contribution in [0.1, 0.15) is 45.4 Å². The summed E-state index contributed by atoms with van der Waals surface area (Å²) >= 11 is 1.39. The van der Waals surface area contributed by atoms with Crippen molar-refractivity contribution in [1.29, 1.82) is 0 Å². The third-order valence-electron chi connectivity index (χ3n) is 4.27. The fourth-order valence-corrected chi connectivity index (χ4v) is 4.02. The highest BCUT2D eigenvalue weighted by Crippen LogP contribution is 2.30. The highest BCUT2D eigenvalue weighted by atomic mass is 32.1. The summed E-state index contributed by atoms with van der Waals surface area (Å²) in [6, 6.07) is 4.29. The van der Waals surface area contributed by atoms with E-state index < -0.39 is 0 Å². The minimum atomic E-state index is -0.0864. The third-order valence-corrected chi connectivity index (χ3v) is 5.38. The molecule has 5 nitrogen and oxygen atoms in total. The van der Waals surface area contributed by atoms with E-state index in [1.807, 2.05) is 13.8 Å². The lowest BCUT2D eigenvalue weighted by molar-refractivity contribution is 0.0954. The molecule has 0 fully saturated rings. The van der Waals surface area contributed by atoms with Crippen molar-refractivity contribution in [3.63, 3.8) is 0 Å². The molecule has 2 aromatic rings. The van der Waals surface area contributed by atoms with Crippen molar-refractivity contribution in [2.24, 2.45) is 0 Å².